The van der Waals surface area contributed by atoms with Crippen molar-refractivity contribution in [2.45, 2.75) is 6.92 Å². The molecule has 0 unspecified atom stereocenters. The third-order valence-corrected chi connectivity index (χ3v) is 5.86. The first-order valence-electron chi connectivity index (χ1n) is 10.1. The Morgan fingerprint density at radius 3 is 2.71 bits per heavy atom. The minimum Gasteiger partial charge on any atom is -0.454 e. The molecule has 0 aromatic heterocycles. The number of amides is 1. The first-order valence-corrected chi connectivity index (χ1v) is 11.7. The van der Waals surface area contributed by atoms with Crippen LogP contribution in [-0.4, -0.2) is 31.4 Å². The highest BCUT2D eigenvalue weighted by Crippen LogP contribution is 2.35. The van der Waals surface area contributed by atoms with E-state index in [1.807, 2.05) is 31.2 Å². The van der Waals surface area contributed by atoms with Gasteiger partial charge in [0.2, 0.25) is 6.79 Å². The number of ether oxygens (including phenoxy) is 3. The molecule has 3 aromatic carbocycles. The molecule has 0 aliphatic carbocycles. The third kappa shape index (κ3) is 5.75. The van der Waals surface area contributed by atoms with E-state index in [0.29, 0.717) is 27.1 Å². The van der Waals surface area contributed by atoms with Gasteiger partial charge in [0.05, 0.1) is 22.8 Å². The van der Waals surface area contributed by atoms with E-state index in [1.54, 1.807) is 30.3 Å². The van der Waals surface area contributed by atoms with E-state index < -0.39 is 5.97 Å². The topological polar surface area (TPSA) is 98.2 Å². The van der Waals surface area contributed by atoms with Gasteiger partial charge in [0.1, 0.15) is 0 Å². The van der Waals surface area contributed by atoms with Crippen LogP contribution < -0.4 is 25.0 Å². The first-order chi connectivity index (χ1) is 16.4. The fraction of sp³-hybridized carbons (Fsp3) is 0.125. The van der Waals surface area contributed by atoms with Gasteiger partial charge in [-0.3, -0.25) is 4.79 Å². The molecule has 0 radical (unpaired) electrons. The van der Waals surface area contributed by atoms with Gasteiger partial charge in [0, 0.05) is 15.7 Å². The number of halogens is 2. The summed E-state index contributed by atoms with van der Waals surface area (Å²) in [5, 5.41) is 7.08. The summed E-state index contributed by atoms with van der Waals surface area (Å²) in [5.74, 6) is 0.395. The molecule has 1 heterocycles. The number of rotatable bonds is 7. The molecule has 0 saturated carbocycles. The molecule has 0 atom stereocenters. The zero-order chi connectivity index (χ0) is 24.1. The van der Waals surface area contributed by atoms with Crippen LogP contribution in [0.5, 0.6) is 17.2 Å². The summed E-state index contributed by atoms with van der Waals surface area (Å²) in [5.41, 5.74) is 5.15. The average Bonchev–Trinajstić information content (AvgIpc) is 3.28. The molecule has 3 aromatic rings. The summed E-state index contributed by atoms with van der Waals surface area (Å²) < 4.78 is 17.5. The zero-order valence-corrected chi connectivity index (χ0v) is 21.1. The summed E-state index contributed by atoms with van der Waals surface area (Å²) in [7, 11) is 0. The Morgan fingerprint density at radius 1 is 1.09 bits per heavy atom. The predicted molar refractivity (Wildman–Crippen MR) is 135 cm³/mol. The minimum absolute atomic E-state index is 0.0519. The summed E-state index contributed by atoms with van der Waals surface area (Å²) >= 11 is 6.83. The number of para-hydroxylation sites is 1. The SMILES string of the molecule is Cc1ccccc1NCC(=O)N/N=C/c1cc(Br)cc(Br)c1OC(=O)c1ccc2c(c1)OCO2. The van der Waals surface area contributed by atoms with Gasteiger partial charge in [0.25, 0.3) is 5.91 Å². The van der Waals surface area contributed by atoms with Gasteiger partial charge in [-0.25, -0.2) is 10.2 Å². The van der Waals surface area contributed by atoms with Crippen molar-refractivity contribution in [2.24, 2.45) is 5.10 Å². The van der Waals surface area contributed by atoms with Crippen LogP contribution in [0, 0.1) is 6.92 Å². The molecule has 10 heteroatoms. The van der Waals surface area contributed by atoms with E-state index in [1.165, 1.54) is 6.21 Å². The van der Waals surface area contributed by atoms with Gasteiger partial charge in [-0.05, 0) is 64.8 Å². The van der Waals surface area contributed by atoms with Crippen molar-refractivity contribution < 1.29 is 23.8 Å². The number of carbonyl (C=O) groups excluding carboxylic acids is 2. The van der Waals surface area contributed by atoms with Gasteiger partial charge in [-0.2, -0.15) is 5.10 Å². The van der Waals surface area contributed by atoms with Crippen LogP contribution in [0.2, 0.25) is 0 Å². The molecule has 8 nitrogen and oxygen atoms in total. The smallest absolute Gasteiger partial charge is 0.343 e. The molecule has 1 amide bonds. The minimum atomic E-state index is -0.581. The molecule has 0 saturated heterocycles. The molecule has 1 aliphatic heterocycles. The van der Waals surface area contributed by atoms with Crippen LogP contribution in [0.3, 0.4) is 0 Å². The Bertz CT molecular complexity index is 1280. The maximum absolute atomic E-state index is 12.8. The number of anilines is 1. The van der Waals surface area contributed by atoms with E-state index >= 15 is 0 Å². The summed E-state index contributed by atoms with van der Waals surface area (Å²) in [6, 6.07) is 15.9. The van der Waals surface area contributed by atoms with Gasteiger partial charge in [0.15, 0.2) is 17.2 Å². The Kier molecular flexibility index (Phi) is 7.49. The lowest BCUT2D eigenvalue weighted by atomic mass is 10.2. The predicted octanol–water partition coefficient (Wildman–Crippen LogP) is 5.03. The first kappa shape index (κ1) is 23.8. The number of nitrogens with zero attached hydrogens (tertiary/aromatic N) is 1. The molecule has 4 rings (SSSR count). The van der Waals surface area contributed by atoms with Crippen LogP contribution in [0.15, 0.2) is 68.6 Å². The second-order valence-corrected chi connectivity index (χ2v) is 9.00. The Morgan fingerprint density at radius 2 is 1.88 bits per heavy atom. The van der Waals surface area contributed by atoms with Crippen molar-refractivity contribution >= 4 is 55.6 Å². The van der Waals surface area contributed by atoms with E-state index in [9.17, 15) is 9.59 Å². The second kappa shape index (κ2) is 10.7. The number of benzene rings is 3. The van der Waals surface area contributed by atoms with E-state index in [4.69, 9.17) is 14.2 Å². The van der Waals surface area contributed by atoms with Crippen LogP contribution in [-0.2, 0) is 4.79 Å². The fourth-order valence-electron chi connectivity index (χ4n) is 3.12. The molecular weight excluding hydrogens is 570 g/mol. The summed E-state index contributed by atoms with van der Waals surface area (Å²) in [6.45, 7) is 2.12. The van der Waals surface area contributed by atoms with Crippen LogP contribution in [0.1, 0.15) is 21.5 Å². The Hall–Kier alpha value is -3.37. The zero-order valence-electron chi connectivity index (χ0n) is 17.9. The van der Waals surface area contributed by atoms with E-state index in [0.717, 1.165) is 15.7 Å². The highest BCUT2D eigenvalue weighted by molar-refractivity contribution is 9.11. The number of esters is 1. The number of aryl methyl sites for hydroxylation is 1. The number of hydrogen-bond acceptors (Lipinski definition) is 7. The highest BCUT2D eigenvalue weighted by atomic mass is 79.9. The molecule has 34 heavy (non-hydrogen) atoms. The maximum Gasteiger partial charge on any atom is 0.343 e. The van der Waals surface area contributed by atoms with Gasteiger partial charge in [-0.15, -0.1) is 0 Å². The average molecular weight is 589 g/mol. The fourth-order valence-corrected chi connectivity index (χ4v) is 4.46. The molecular formula is C24H19Br2N3O5. The van der Waals surface area contributed by atoms with Crippen LogP contribution in [0.25, 0.3) is 0 Å². The van der Waals surface area contributed by atoms with Gasteiger partial charge >= 0.3 is 5.97 Å². The summed E-state index contributed by atoms with van der Waals surface area (Å²) in [6.07, 6.45) is 1.41. The third-order valence-electron chi connectivity index (χ3n) is 4.82. The number of hydrazone groups is 1. The lowest BCUT2D eigenvalue weighted by Gasteiger charge is -2.11. The second-order valence-electron chi connectivity index (χ2n) is 7.23. The van der Waals surface area contributed by atoms with Crippen molar-refractivity contribution in [3.63, 3.8) is 0 Å². The Balaban J connectivity index is 1.43. The number of nitrogens with one attached hydrogen (secondary N) is 2. The largest absolute Gasteiger partial charge is 0.454 e. The molecule has 0 spiro atoms. The number of fused-ring (bicyclic) bond motifs is 1. The van der Waals surface area contributed by atoms with Crippen molar-refractivity contribution in [1.29, 1.82) is 0 Å². The number of carbonyl (C=O) groups is 2. The molecule has 1 aliphatic rings. The molecule has 2 N–H and O–H groups in total. The maximum atomic E-state index is 12.8. The van der Waals surface area contributed by atoms with Crippen LogP contribution in [0.4, 0.5) is 5.69 Å². The molecule has 0 fully saturated rings. The van der Waals surface area contributed by atoms with Crippen LogP contribution >= 0.6 is 31.9 Å². The number of hydrogen-bond donors (Lipinski definition) is 2. The van der Waals surface area contributed by atoms with Gasteiger partial charge in [-0.1, -0.05) is 34.1 Å². The summed E-state index contributed by atoms with van der Waals surface area (Å²) in [4.78, 5) is 24.9. The van der Waals surface area contributed by atoms with E-state index in [2.05, 4.69) is 47.7 Å². The van der Waals surface area contributed by atoms with Gasteiger partial charge < -0.3 is 19.5 Å². The standard InChI is InChI=1S/C24H19Br2N3O5/c1-14-4-2-3-5-19(14)27-12-22(30)29-28-11-16-8-17(25)10-18(26)23(16)34-24(31)15-6-7-20-21(9-15)33-13-32-20/h2-11,27H,12-13H2,1H3,(H,29,30)/b28-11+. The van der Waals surface area contributed by atoms with Crippen molar-refractivity contribution in [3.8, 4) is 17.2 Å². The Labute approximate surface area is 212 Å². The highest BCUT2D eigenvalue weighted by Gasteiger charge is 2.19. The van der Waals surface area contributed by atoms with Crippen molar-refractivity contribution in [2.75, 3.05) is 18.7 Å². The lowest BCUT2D eigenvalue weighted by molar-refractivity contribution is -0.119. The molecule has 174 valence electrons. The van der Waals surface area contributed by atoms with Crippen molar-refractivity contribution in [1.82, 2.24) is 5.43 Å². The van der Waals surface area contributed by atoms with E-state index in [-0.39, 0.29) is 25.0 Å². The normalized spacial score (nSPS) is 12.0. The molecule has 0 bridgehead atoms. The van der Waals surface area contributed by atoms with Crippen molar-refractivity contribution in [3.05, 3.63) is 80.2 Å². The lowest BCUT2D eigenvalue weighted by Crippen LogP contribution is -2.26. The monoisotopic (exact) mass is 587 g/mol. The quantitative estimate of drug-likeness (QED) is 0.174.